The normalized spacial score (nSPS) is 18.7. The number of carbonyl (C=O) groups excluding carboxylic acids is 4. The van der Waals surface area contributed by atoms with Crippen LogP contribution in [0.15, 0.2) is 146 Å². The van der Waals surface area contributed by atoms with E-state index in [2.05, 4.69) is 130 Å². The van der Waals surface area contributed by atoms with Crippen molar-refractivity contribution < 1.29 is 19.2 Å². The summed E-state index contributed by atoms with van der Waals surface area (Å²) >= 11 is 0. The summed E-state index contributed by atoms with van der Waals surface area (Å²) in [5.41, 5.74) is 9.52. The molecule has 0 bridgehead atoms. The molecule has 4 N–H and O–H groups in total. The topological polar surface area (TPSA) is 116 Å². The second-order valence-corrected chi connectivity index (χ2v) is 20.4. The third kappa shape index (κ3) is 11.0. The van der Waals surface area contributed by atoms with Gasteiger partial charge in [0.1, 0.15) is 0 Å². The first-order valence-electron chi connectivity index (χ1n) is 26.6. The average molecular weight is 959 g/mol. The van der Waals surface area contributed by atoms with Gasteiger partial charge in [-0.25, -0.2) is 0 Å². The molecule has 7 aromatic rings. The maximum absolute atomic E-state index is 14.0. The van der Waals surface area contributed by atoms with Gasteiger partial charge in [-0.15, -0.1) is 0 Å². The van der Waals surface area contributed by atoms with Gasteiger partial charge in [0.25, 0.3) is 0 Å². The number of nitrogens with one attached hydrogen (secondary N) is 4. The van der Waals surface area contributed by atoms with Crippen LogP contribution in [0.3, 0.4) is 0 Å². The summed E-state index contributed by atoms with van der Waals surface area (Å²) in [4.78, 5) is 55.2. The lowest BCUT2D eigenvalue weighted by Gasteiger charge is -2.31. The number of benzene rings is 7. The standard InChI is InChI=1S/C64H70N4O4/c1-5-17-57(69)67-61-55(53-29-15-25-47-23-13-27-51(59(47)53)45-31-35-49(36-32-45)63(71)65-41(3)43-19-9-7-10-20-43)39-40-56(62(61)68-58(70)18-6-2)54-30-16-26-48-24-14-28-52(60(48)54)46-33-37-50(38-34-46)64(72)66-42(4)44-21-11-8-12-22-44/h7-16,19-30,39-42,45-46,49-50H,5-6,17-18,31-38H2,1-4H3,(H,65,71)(H,66,72)(H,67,69)(H,68,70)/t41-,42-,45?,46?,49?,50?/m1/s1. The van der Waals surface area contributed by atoms with Crippen molar-refractivity contribution in [2.24, 2.45) is 11.8 Å². The zero-order valence-electron chi connectivity index (χ0n) is 42.4. The lowest BCUT2D eigenvalue weighted by Crippen LogP contribution is -2.34. The maximum atomic E-state index is 14.0. The van der Waals surface area contributed by atoms with Gasteiger partial charge >= 0.3 is 0 Å². The molecule has 7 aromatic carbocycles. The summed E-state index contributed by atoms with van der Waals surface area (Å²) in [6.07, 6.45) is 8.74. The molecule has 0 spiro atoms. The Hall–Kier alpha value is -7.06. The van der Waals surface area contributed by atoms with E-state index < -0.39 is 0 Å². The fourth-order valence-corrected chi connectivity index (χ4v) is 11.7. The van der Waals surface area contributed by atoms with Gasteiger partial charge in [0, 0.05) is 35.8 Å². The van der Waals surface area contributed by atoms with Crippen molar-refractivity contribution >= 4 is 56.5 Å². The molecule has 4 amide bonds. The van der Waals surface area contributed by atoms with E-state index >= 15 is 0 Å². The Morgan fingerprint density at radius 1 is 0.431 bits per heavy atom. The van der Waals surface area contributed by atoms with Crippen LogP contribution in [0.4, 0.5) is 11.4 Å². The summed E-state index contributed by atoms with van der Waals surface area (Å²) in [6.45, 7) is 8.10. The Balaban J connectivity index is 1.08. The minimum Gasteiger partial charge on any atom is -0.349 e. The third-order valence-corrected chi connectivity index (χ3v) is 15.5. The van der Waals surface area contributed by atoms with E-state index in [4.69, 9.17) is 0 Å². The number of rotatable bonds is 16. The first-order valence-corrected chi connectivity index (χ1v) is 26.6. The third-order valence-electron chi connectivity index (χ3n) is 15.5. The van der Waals surface area contributed by atoms with Crippen LogP contribution in [0.2, 0.25) is 0 Å². The number of hydrogen-bond donors (Lipinski definition) is 4. The fraction of sp³-hybridized carbons (Fsp3) is 0.344. The quantitative estimate of drug-likeness (QED) is 0.0772. The van der Waals surface area contributed by atoms with Gasteiger partial charge in [-0.05, 0) is 145 Å². The molecule has 2 saturated carbocycles. The molecule has 8 heteroatoms. The highest BCUT2D eigenvalue weighted by molar-refractivity contribution is 6.14. The highest BCUT2D eigenvalue weighted by atomic mass is 16.2. The summed E-state index contributed by atoms with van der Waals surface area (Å²) in [6, 6.07) is 50.2. The van der Waals surface area contributed by atoms with E-state index in [1.54, 1.807) is 0 Å². The molecule has 9 rings (SSSR count). The van der Waals surface area contributed by atoms with Crippen molar-refractivity contribution in [2.75, 3.05) is 10.6 Å². The highest BCUT2D eigenvalue weighted by Crippen LogP contribution is 2.49. The van der Waals surface area contributed by atoms with Gasteiger partial charge in [-0.2, -0.15) is 0 Å². The maximum Gasteiger partial charge on any atom is 0.224 e. The van der Waals surface area contributed by atoms with Crippen molar-refractivity contribution in [1.82, 2.24) is 10.6 Å². The molecular formula is C64H70N4O4. The number of carbonyl (C=O) groups is 4. The molecule has 0 aliphatic heterocycles. The van der Waals surface area contributed by atoms with Crippen molar-refractivity contribution in [3.8, 4) is 22.3 Å². The first-order chi connectivity index (χ1) is 35.1. The molecular weight excluding hydrogens is 889 g/mol. The number of hydrogen-bond acceptors (Lipinski definition) is 4. The molecule has 2 fully saturated rings. The molecule has 2 atom stereocenters. The SMILES string of the molecule is CCCC(=O)Nc1c(-c2cccc3cccc(C4CCC(C(=O)N[C@H](C)c5ccccc5)CC4)c23)ccc(-c2cccc3cccc(C4CCC(C(=O)N[C@H](C)c5ccccc5)CC4)c23)c1NC(=O)CCC. The first kappa shape index (κ1) is 49.9. The van der Waals surface area contributed by atoms with Crippen molar-refractivity contribution in [2.45, 2.75) is 129 Å². The van der Waals surface area contributed by atoms with Crippen LogP contribution in [-0.4, -0.2) is 23.6 Å². The fourth-order valence-electron chi connectivity index (χ4n) is 11.7. The van der Waals surface area contributed by atoms with Gasteiger partial charge in [0.2, 0.25) is 23.6 Å². The molecule has 0 saturated heterocycles. The lowest BCUT2D eigenvalue weighted by atomic mass is 9.76. The summed E-state index contributed by atoms with van der Waals surface area (Å²) in [7, 11) is 0. The van der Waals surface area contributed by atoms with Crippen molar-refractivity contribution in [1.29, 1.82) is 0 Å². The predicted octanol–water partition coefficient (Wildman–Crippen LogP) is 15.1. The van der Waals surface area contributed by atoms with Gasteiger partial charge in [-0.3, -0.25) is 19.2 Å². The van der Waals surface area contributed by atoms with E-state index in [9.17, 15) is 19.2 Å². The minimum atomic E-state index is -0.113. The summed E-state index contributed by atoms with van der Waals surface area (Å²) < 4.78 is 0. The Kier molecular flexibility index (Phi) is 15.9. The zero-order chi connectivity index (χ0) is 50.1. The number of anilines is 2. The zero-order valence-corrected chi connectivity index (χ0v) is 42.4. The number of amides is 4. The Morgan fingerprint density at radius 3 is 1.15 bits per heavy atom. The summed E-state index contributed by atoms with van der Waals surface area (Å²) in [5.74, 6) is 0.395. The second kappa shape index (κ2) is 23.0. The van der Waals surface area contributed by atoms with Crippen LogP contribution in [0, 0.1) is 11.8 Å². The van der Waals surface area contributed by atoms with Crippen LogP contribution in [-0.2, 0) is 19.2 Å². The highest BCUT2D eigenvalue weighted by Gasteiger charge is 2.32. The van der Waals surface area contributed by atoms with Crippen LogP contribution in [0.5, 0.6) is 0 Å². The van der Waals surface area contributed by atoms with E-state index in [1.165, 1.54) is 11.1 Å². The molecule has 72 heavy (non-hydrogen) atoms. The molecule has 2 aliphatic carbocycles. The molecule has 2 aliphatic rings. The van der Waals surface area contributed by atoms with Gasteiger partial charge in [0.05, 0.1) is 23.5 Å². The number of fused-ring (bicyclic) bond motifs is 2. The molecule has 0 heterocycles. The van der Waals surface area contributed by atoms with Crippen molar-refractivity contribution in [3.63, 3.8) is 0 Å². The summed E-state index contributed by atoms with van der Waals surface area (Å²) in [5, 5.41) is 17.8. The monoisotopic (exact) mass is 959 g/mol. The molecule has 0 aromatic heterocycles. The lowest BCUT2D eigenvalue weighted by molar-refractivity contribution is -0.127. The van der Waals surface area contributed by atoms with Crippen LogP contribution in [0.25, 0.3) is 43.8 Å². The van der Waals surface area contributed by atoms with Gasteiger partial charge < -0.3 is 21.3 Å². The van der Waals surface area contributed by atoms with Crippen molar-refractivity contribution in [3.05, 3.63) is 168 Å². The Morgan fingerprint density at radius 2 is 0.792 bits per heavy atom. The van der Waals surface area contributed by atoms with Crippen LogP contribution < -0.4 is 21.3 Å². The smallest absolute Gasteiger partial charge is 0.224 e. The molecule has 0 radical (unpaired) electrons. The van der Waals surface area contributed by atoms with Gasteiger partial charge in [0.15, 0.2) is 0 Å². The largest absolute Gasteiger partial charge is 0.349 e. The van der Waals surface area contributed by atoms with Crippen LogP contribution >= 0.6 is 0 Å². The van der Waals surface area contributed by atoms with E-state index in [0.717, 1.165) is 106 Å². The van der Waals surface area contributed by atoms with E-state index in [1.807, 2.05) is 64.1 Å². The molecule has 8 nitrogen and oxygen atoms in total. The predicted molar refractivity (Wildman–Crippen MR) is 295 cm³/mol. The molecule has 0 unspecified atom stereocenters. The average Bonchev–Trinajstić information content (AvgIpc) is 3.41. The van der Waals surface area contributed by atoms with Crippen LogP contribution in [0.1, 0.15) is 151 Å². The Labute approximate surface area is 425 Å². The van der Waals surface area contributed by atoms with E-state index in [-0.39, 0.29) is 59.4 Å². The van der Waals surface area contributed by atoms with Gasteiger partial charge in [-0.1, -0.05) is 159 Å². The van der Waals surface area contributed by atoms with E-state index in [0.29, 0.717) is 37.1 Å². The molecule has 370 valence electrons. The second-order valence-electron chi connectivity index (χ2n) is 20.4. The Bertz CT molecular complexity index is 2830. The minimum absolute atomic E-state index is 0.0470.